The van der Waals surface area contributed by atoms with Crippen LogP contribution in [0.3, 0.4) is 0 Å². The molecule has 1 unspecified atom stereocenters. The van der Waals surface area contributed by atoms with Crippen molar-refractivity contribution in [1.29, 1.82) is 0 Å². The van der Waals surface area contributed by atoms with Crippen LogP contribution < -0.4 is 5.32 Å². The maximum atomic E-state index is 13.4. The van der Waals surface area contributed by atoms with Crippen LogP contribution in [0.4, 0.5) is 10.1 Å². The van der Waals surface area contributed by atoms with E-state index in [0.717, 1.165) is 12.0 Å². The Morgan fingerprint density at radius 1 is 1.37 bits per heavy atom. The van der Waals surface area contributed by atoms with E-state index in [1.165, 1.54) is 19.2 Å². The van der Waals surface area contributed by atoms with E-state index in [0.29, 0.717) is 18.5 Å². The molecular weight excluding hydrogens is 245 g/mol. The summed E-state index contributed by atoms with van der Waals surface area (Å²) in [6, 6.07) is 4.68. The zero-order valence-corrected chi connectivity index (χ0v) is 12.0. The average Bonchev–Trinajstić information content (AvgIpc) is 2.36. The number of ether oxygens (including phenoxy) is 1. The molecule has 1 atom stereocenters. The van der Waals surface area contributed by atoms with Gasteiger partial charge in [0, 0.05) is 5.69 Å². The first-order chi connectivity index (χ1) is 8.97. The molecular formula is C15H22FNO2. The first-order valence-electron chi connectivity index (χ1n) is 6.61. The van der Waals surface area contributed by atoms with Gasteiger partial charge in [0.15, 0.2) is 0 Å². The lowest BCUT2D eigenvalue weighted by Crippen LogP contribution is -2.46. The minimum atomic E-state index is -0.788. The highest BCUT2D eigenvalue weighted by atomic mass is 19.1. The number of rotatable bonds is 6. The van der Waals surface area contributed by atoms with Crippen LogP contribution in [0.5, 0.6) is 0 Å². The lowest BCUT2D eigenvalue weighted by Gasteiger charge is -2.32. The van der Waals surface area contributed by atoms with E-state index < -0.39 is 5.54 Å². The molecule has 0 aliphatic rings. The third-order valence-electron chi connectivity index (χ3n) is 3.28. The molecule has 0 aliphatic carbocycles. The number of benzene rings is 1. The summed E-state index contributed by atoms with van der Waals surface area (Å²) in [5.74, 6) is -0.618. The zero-order valence-electron chi connectivity index (χ0n) is 12.0. The summed E-state index contributed by atoms with van der Waals surface area (Å²) in [6.45, 7) is 5.75. The molecule has 0 radical (unpaired) electrons. The SMILES string of the molecule is CCCC(CC)(Nc1cc(C)cc(F)c1)C(=O)OC. The standard InChI is InChI=1S/C15H22FNO2/c1-5-7-15(6-2,14(18)19-4)17-13-9-11(3)8-12(16)10-13/h8-10,17H,5-7H2,1-4H3. The minimum absolute atomic E-state index is 0.307. The van der Waals surface area contributed by atoms with Crippen molar-refractivity contribution in [2.45, 2.75) is 45.6 Å². The fraction of sp³-hybridized carbons (Fsp3) is 0.533. The third-order valence-corrected chi connectivity index (χ3v) is 3.28. The van der Waals surface area contributed by atoms with Crippen molar-refractivity contribution in [3.63, 3.8) is 0 Å². The van der Waals surface area contributed by atoms with Gasteiger partial charge < -0.3 is 10.1 Å². The first kappa shape index (κ1) is 15.5. The van der Waals surface area contributed by atoms with E-state index in [2.05, 4.69) is 5.32 Å². The molecule has 0 saturated carbocycles. The van der Waals surface area contributed by atoms with E-state index in [1.807, 2.05) is 26.8 Å². The van der Waals surface area contributed by atoms with Gasteiger partial charge in [-0.1, -0.05) is 20.3 Å². The summed E-state index contributed by atoms with van der Waals surface area (Å²) >= 11 is 0. The van der Waals surface area contributed by atoms with E-state index >= 15 is 0 Å². The number of methoxy groups -OCH3 is 1. The van der Waals surface area contributed by atoms with Crippen LogP contribution in [0.2, 0.25) is 0 Å². The van der Waals surface area contributed by atoms with Crippen LogP contribution in [-0.4, -0.2) is 18.6 Å². The molecule has 0 aliphatic heterocycles. The number of nitrogens with one attached hydrogen (secondary N) is 1. The number of halogens is 1. The average molecular weight is 267 g/mol. The van der Waals surface area contributed by atoms with Crippen LogP contribution in [0.15, 0.2) is 18.2 Å². The smallest absolute Gasteiger partial charge is 0.331 e. The molecule has 106 valence electrons. The molecule has 0 heterocycles. The van der Waals surface area contributed by atoms with Crippen LogP contribution >= 0.6 is 0 Å². The largest absolute Gasteiger partial charge is 0.467 e. The summed E-state index contributed by atoms with van der Waals surface area (Å²) in [6.07, 6.45) is 2.07. The second-order valence-electron chi connectivity index (χ2n) is 4.82. The van der Waals surface area contributed by atoms with Gasteiger partial charge in [0.2, 0.25) is 0 Å². The van der Waals surface area contributed by atoms with Gasteiger partial charge in [0.05, 0.1) is 7.11 Å². The van der Waals surface area contributed by atoms with Crippen LogP contribution in [0.1, 0.15) is 38.7 Å². The Labute approximate surface area is 114 Å². The normalized spacial score (nSPS) is 13.7. The molecule has 3 nitrogen and oxygen atoms in total. The van der Waals surface area contributed by atoms with Gasteiger partial charge in [-0.3, -0.25) is 0 Å². The molecule has 0 amide bonds. The number of hydrogen-bond donors (Lipinski definition) is 1. The number of carbonyl (C=O) groups is 1. The van der Waals surface area contributed by atoms with Gasteiger partial charge in [-0.05, 0) is 43.5 Å². The number of carbonyl (C=O) groups excluding carboxylic acids is 1. The Bertz CT molecular complexity index is 428. The Morgan fingerprint density at radius 3 is 2.53 bits per heavy atom. The molecule has 1 aromatic rings. The topological polar surface area (TPSA) is 38.3 Å². The summed E-state index contributed by atoms with van der Waals surface area (Å²) in [5, 5.41) is 3.16. The summed E-state index contributed by atoms with van der Waals surface area (Å²) in [7, 11) is 1.38. The van der Waals surface area contributed by atoms with E-state index in [1.54, 1.807) is 0 Å². The van der Waals surface area contributed by atoms with Gasteiger partial charge in [-0.25, -0.2) is 9.18 Å². The molecule has 0 saturated heterocycles. The third kappa shape index (κ3) is 3.69. The summed E-state index contributed by atoms with van der Waals surface area (Å²) < 4.78 is 18.3. The maximum Gasteiger partial charge on any atom is 0.331 e. The lowest BCUT2D eigenvalue weighted by atomic mass is 9.90. The monoisotopic (exact) mass is 267 g/mol. The Balaban J connectivity index is 3.08. The fourth-order valence-corrected chi connectivity index (χ4v) is 2.33. The van der Waals surface area contributed by atoms with Gasteiger partial charge in [0.25, 0.3) is 0 Å². The van der Waals surface area contributed by atoms with Crippen LogP contribution in [0, 0.1) is 12.7 Å². The van der Waals surface area contributed by atoms with E-state index in [9.17, 15) is 9.18 Å². The fourth-order valence-electron chi connectivity index (χ4n) is 2.33. The van der Waals surface area contributed by atoms with Gasteiger partial charge in [0.1, 0.15) is 11.4 Å². The Kier molecular flexibility index (Phi) is 5.33. The molecule has 19 heavy (non-hydrogen) atoms. The van der Waals surface area contributed by atoms with Crippen molar-refractivity contribution in [3.8, 4) is 0 Å². The van der Waals surface area contributed by atoms with Crippen LogP contribution in [-0.2, 0) is 9.53 Å². The van der Waals surface area contributed by atoms with E-state index in [-0.39, 0.29) is 11.8 Å². The molecule has 1 N–H and O–H groups in total. The lowest BCUT2D eigenvalue weighted by molar-refractivity contribution is -0.146. The zero-order chi connectivity index (χ0) is 14.5. The number of anilines is 1. The highest BCUT2D eigenvalue weighted by molar-refractivity contribution is 5.84. The summed E-state index contributed by atoms with van der Waals surface area (Å²) in [4.78, 5) is 12.1. The maximum absolute atomic E-state index is 13.4. The quantitative estimate of drug-likeness (QED) is 0.799. The highest BCUT2D eigenvalue weighted by Crippen LogP contribution is 2.26. The van der Waals surface area contributed by atoms with Gasteiger partial charge in [-0.15, -0.1) is 0 Å². The predicted octanol–water partition coefficient (Wildman–Crippen LogP) is 3.67. The molecule has 0 fully saturated rings. The molecule has 0 bridgehead atoms. The molecule has 0 spiro atoms. The molecule has 0 aromatic heterocycles. The van der Waals surface area contributed by atoms with E-state index in [4.69, 9.17) is 4.74 Å². The van der Waals surface area contributed by atoms with Gasteiger partial charge >= 0.3 is 5.97 Å². The molecule has 4 heteroatoms. The Hall–Kier alpha value is -1.58. The Morgan fingerprint density at radius 2 is 2.05 bits per heavy atom. The highest BCUT2D eigenvalue weighted by Gasteiger charge is 2.36. The molecule has 1 rings (SSSR count). The second kappa shape index (κ2) is 6.55. The first-order valence-corrected chi connectivity index (χ1v) is 6.61. The van der Waals surface area contributed by atoms with Gasteiger partial charge in [-0.2, -0.15) is 0 Å². The summed E-state index contributed by atoms with van der Waals surface area (Å²) in [5.41, 5.74) is 0.635. The second-order valence-corrected chi connectivity index (χ2v) is 4.82. The van der Waals surface area contributed by atoms with Crippen molar-refractivity contribution in [2.24, 2.45) is 0 Å². The predicted molar refractivity (Wildman–Crippen MR) is 74.7 cm³/mol. The molecule has 1 aromatic carbocycles. The van der Waals surface area contributed by atoms with Crippen molar-refractivity contribution in [2.75, 3.05) is 12.4 Å². The van der Waals surface area contributed by atoms with Crippen molar-refractivity contribution in [3.05, 3.63) is 29.6 Å². The number of aryl methyl sites for hydroxylation is 1. The van der Waals surface area contributed by atoms with Crippen molar-refractivity contribution >= 4 is 11.7 Å². The van der Waals surface area contributed by atoms with Crippen LogP contribution in [0.25, 0.3) is 0 Å². The van der Waals surface area contributed by atoms with Crippen molar-refractivity contribution in [1.82, 2.24) is 0 Å². The number of esters is 1. The van der Waals surface area contributed by atoms with Crippen molar-refractivity contribution < 1.29 is 13.9 Å². The number of hydrogen-bond acceptors (Lipinski definition) is 3. The minimum Gasteiger partial charge on any atom is -0.467 e.